The minimum Gasteiger partial charge on any atom is -0.357 e. The quantitative estimate of drug-likeness (QED) is 0.613. The van der Waals surface area contributed by atoms with Crippen LogP contribution in [0.25, 0.3) is 0 Å². The predicted octanol–water partition coefficient (Wildman–Crippen LogP) is 1.54. The molecule has 0 fully saturated rings. The SMILES string of the molecule is CNC(=O)[C@H](N=IC)C(C)C. The second kappa shape index (κ2) is 5.62. The Morgan fingerprint density at radius 3 is 2.36 bits per heavy atom. The van der Waals surface area contributed by atoms with Crippen molar-refractivity contribution >= 4 is 26.9 Å². The lowest BCUT2D eigenvalue weighted by atomic mass is 10.1. The van der Waals surface area contributed by atoms with Gasteiger partial charge < -0.3 is 5.32 Å². The normalized spacial score (nSPS) is 14.6. The second-order valence-corrected chi connectivity index (χ2v) is 4.09. The van der Waals surface area contributed by atoms with Gasteiger partial charge in [-0.15, -0.1) is 0 Å². The van der Waals surface area contributed by atoms with Crippen molar-refractivity contribution in [2.45, 2.75) is 19.9 Å². The number of carbonyl (C=O) groups excluding carboxylic acids is 1. The van der Waals surface area contributed by atoms with Crippen LogP contribution in [-0.4, -0.2) is 23.9 Å². The zero-order valence-electron chi connectivity index (χ0n) is 7.39. The minimum absolute atomic E-state index is 0.0431. The summed E-state index contributed by atoms with van der Waals surface area (Å²) < 4.78 is 4.29. The Morgan fingerprint density at radius 1 is 1.55 bits per heavy atom. The molecule has 3 nitrogen and oxygen atoms in total. The van der Waals surface area contributed by atoms with Gasteiger partial charge in [0, 0.05) is 7.05 Å². The standard InChI is InChI=1S/C7H15IN2O/c1-5(2)6(10-8-3)7(11)9-4/h5-6H,1-4H3,(H,9,11)/t6-/m1/s1. The lowest BCUT2D eigenvalue weighted by molar-refractivity contribution is -0.122. The molecule has 0 aromatic rings. The molecule has 4 heteroatoms. The van der Waals surface area contributed by atoms with Crippen LogP contribution in [0.3, 0.4) is 0 Å². The van der Waals surface area contributed by atoms with Crippen LogP contribution in [0.5, 0.6) is 0 Å². The first-order chi connectivity index (χ1) is 5.13. The highest BCUT2D eigenvalue weighted by atomic mass is 127. The number of amides is 1. The van der Waals surface area contributed by atoms with Crippen molar-refractivity contribution in [3.05, 3.63) is 0 Å². The van der Waals surface area contributed by atoms with Gasteiger partial charge in [0.2, 0.25) is 5.91 Å². The van der Waals surface area contributed by atoms with E-state index in [0.717, 1.165) is 0 Å². The van der Waals surface area contributed by atoms with Crippen LogP contribution in [0.4, 0.5) is 0 Å². The molecule has 0 aliphatic carbocycles. The first-order valence-corrected chi connectivity index (χ1v) is 6.66. The van der Waals surface area contributed by atoms with Gasteiger partial charge in [-0.1, -0.05) is 13.8 Å². The highest BCUT2D eigenvalue weighted by Gasteiger charge is 2.18. The van der Waals surface area contributed by atoms with E-state index in [4.69, 9.17) is 0 Å². The monoisotopic (exact) mass is 270 g/mol. The number of likely N-dealkylation sites (N-methyl/N-ethyl adjacent to an activating group) is 1. The summed E-state index contributed by atoms with van der Waals surface area (Å²) in [4.78, 5) is 13.2. The fraction of sp³-hybridized carbons (Fsp3) is 0.857. The third-order valence-electron chi connectivity index (χ3n) is 1.35. The Hall–Kier alpha value is 0. The van der Waals surface area contributed by atoms with E-state index in [1.807, 2.05) is 13.8 Å². The lowest BCUT2D eigenvalue weighted by Crippen LogP contribution is -2.33. The summed E-state index contributed by atoms with van der Waals surface area (Å²) in [6.45, 7) is 4.03. The van der Waals surface area contributed by atoms with Crippen molar-refractivity contribution in [2.75, 3.05) is 12.0 Å². The predicted molar refractivity (Wildman–Crippen MR) is 55.1 cm³/mol. The summed E-state index contributed by atoms with van der Waals surface area (Å²) in [5.74, 6) is 0.358. The molecule has 0 bridgehead atoms. The Bertz CT molecular complexity index is 157. The number of nitrogens with zero attached hydrogens (tertiary/aromatic N) is 1. The molecule has 0 heterocycles. The van der Waals surface area contributed by atoms with E-state index in [1.54, 1.807) is 7.05 Å². The molecule has 0 saturated heterocycles. The first kappa shape index (κ1) is 11.0. The largest absolute Gasteiger partial charge is 0.357 e. The maximum absolute atomic E-state index is 11.2. The third-order valence-corrected chi connectivity index (χ3v) is 2.51. The Kier molecular flexibility index (Phi) is 5.62. The minimum atomic E-state index is -0.142. The van der Waals surface area contributed by atoms with Crippen molar-refractivity contribution in [1.82, 2.24) is 5.32 Å². The molecule has 1 N–H and O–H groups in total. The number of hydrogen-bond donors (Lipinski definition) is 1. The Morgan fingerprint density at radius 2 is 2.09 bits per heavy atom. The average molecular weight is 270 g/mol. The van der Waals surface area contributed by atoms with Crippen LogP contribution in [0.15, 0.2) is 3.15 Å². The highest BCUT2D eigenvalue weighted by Crippen LogP contribution is 2.10. The van der Waals surface area contributed by atoms with Crippen LogP contribution in [0.2, 0.25) is 0 Å². The molecular weight excluding hydrogens is 255 g/mol. The molecule has 0 unspecified atom stereocenters. The van der Waals surface area contributed by atoms with E-state index < -0.39 is 0 Å². The van der Waals surface area contributed by atoms with Crippen molar-refractivity contribution in [3.8, 4) is 0 Å². The number of rotatable bonds is 3. The molecule has 0 saturated carbocycles. The van der Waals surface area contributed by atoms with Gasteiger partial charge in [0.15, 0.2) is 0 Å². The zero-order valence-corrected chi connectivity index (χ0v) is 9.55. The van der Waals surface area contributed by atoms with Crippen LogP contribution in [0.1, 0.15) is 13.8 Å². The van der Waals surface area contributed by atoms with Gasteiger partial charge in [-0.05, 0) is 31.9 Å². The molecule has 0 aliphatic heterocycles. The second-order valence-electron chi connectivity index (χ2n) is 2.57. The topological polar surface area (TPSA) is 41.5 Å². The summed E-state index contributed by atoms with van der Waals surface area (Å²) in [6, 6.07) is -0.127. The molecule has 0 spiro atoms. The molecule has 1 amide bonds. The van der Waals surface area contributed by atoms with E-state index in [-0.39, 0.29) is 33.0 Å². The fourth-order valence-corrected chi connectivity index (χ4v) is 2.21. The van der Waals surface area contributed by atoms with Gasteiger partial charge in [0.05, 0.1) is 0 Å². The molecule has 1 atom stereocenters. The first-order valence-electron chi connectivity index (χ1n) is 3.54. The van der Waals surface area contributed by atoms with Gasteiger partial charge in [-0.25, -0.2) is 3.15 Å². The van der Waals surface area contributed by atoms with Crippen LogP contribution in [-0.2, 0) is 4.79 Å². The summed E-state index contributed by atoms with van der Waals surface area (Å²) in [6.07, 6.45) is 0. The molecular formula is C7H15IN2O. The maximum atomic E-state index is 11.2. The van der Waals surface area contributed by atoms with Crippen molar-refractivity contribution < 1.29 is 4.79 Å². The number of alkyl halides is 1. The van der Waals surface area contributed by atoms with Crippen LogP contribution >= 0.6 is 21.0 Å². The number of hydrogen-bond acceptors (Lipinski definition) is 2. The van der Waals surface area contributed by atoms with Gasteiger partial charge in [0.25, 0.3) is 0 Å². The maximum Gasteiger partial charge on any atom is 0.245 e. The van der Waals surface area contributed by atoms with E-state index in [9.17, 15) is 4.79 Å². The van der Waals surface area contributed by atoms with Crippen LogP contribution in [0, 0.1) is 5.92 Å². The van der Waals surface area contributed by atoms with E-state index in [1.165, 1.54) is 0 Å². The summed E-state index contributed by atoms with van der Waals surface area (Å²) >= 11 is -0.142. The zero-order chi connectivity index (χ0) is 8.85. The van der Waals surface area contributed by atoms with Gasteiger partial charge >= 0.3 is 0 Å². The van der Waals surface area contributed by atoms with Crippen molar-refractivity contribution in [3.63, 3.8) is 0 Å². The summed E-state index contributed by atoms with van der Waals surface area (Å²) in [5.41, 5.74) is 0. The Balaban J connectivity index is 4.21. The fourth-order valence-electron chi connectivity index (χ4n) is 0.713. The van der Waals surface area contributed by atoms with E-state index in [2.05, 4.69) is 13.4 Å². The Labute approximate surface area is 78.1 Å². The molecule has 66 valence electrons. The number of halogens is 1. The molecule has 0 aromatic carbocycles. The highest BCUT2D eigenvalue weighted by molar-refractivity contribution is 14.2. The third kappa shape index (κ3) is 3.79. The van der Waals surface area contributed by atoms with E-state index in [0.29, 0.717) is 5.92 Å². The molecule has 0 aromatic heterocycles. The molecule has 0 radical (unpaired) electrons. The summed E-state index contributed by atoms with van der Waals surface area (Å²) in [5, 5.41) is 2.62. The van der Waals surface area contributed by atoms with Gasteiger partial charge in [-0.2, -0.15) is 0 Å². The lowest BCUT2D eigenvalue weighted by Gasteiger charge is -2.12. The number of nitrogens with one attached hydrogen (secondary N) is 1. The number of carbonyl (C=O) groups is 1. The van der Waals surface area contributed by atoms with E-state index >= 15 is 0 Å². The van der Waals surface area contributed by atoms with Gasteiger partial charge in [0.1, 0.15) is 6.04 Å². The van der Waals surface area contributed by atoms with Crippen molar-refractivity contribution in [2.24, 2.45) is 9.06 Å². The smallest absolute Gasteiger partial charge is 0.245 e. The molecule has 0 aliphatic rings. The van der Waals surface area contributed by atoms with Crippen LogP contribution < -0.4 is 5.32 Å². The molecule has 0 rings (SSSR count). The average Bonchev–Trinajstić information content (AvgIpc) is 1.98. The van der Waals surface area contributed by atoms with Gasteiger partial charge in [-0.3, -0.25) is 4.79 Å². The summed E-state index contributed by atoms with van der Waals surface area (Å²) in [7, 11) is 1.65. The van der Waals surface area contributed by atoms with Crippen molar-refractivity contribution in [1.29, 1.82) is 0 Å². The molecule has 11 heavy (non-hydrogen) atoms.